The zero-order valence-corrected chi connectivity index (χ0v) is 11.0. The Bertz CT molecular complexity index is 334. The van der Waals surface area contributed by atoms with E-state index in [4.69, 9.17) is 4.74 Å². The molecular formula is C15H23NO. The van der Waals surface area contributed by atoms with E-state index in [0.29, 0.717) is 6.10 Å². The Kier molecular flexibility index (Phi) is 4.43. The van der Waals surface area contributed by atoms with E-state index < -0.39 is 0 Å². The molecule has 0 radical (unpaired) electrons. The maximum absolute atomic E-state index is 6.10. The largest absolute Gasteiger partial charge is 0.490 e. The van der Waals surface area contributed by atoms with Crippen LogP contribution in [0.4, 0.5) is 0 Å². The van der Waals surface area contributed by atoms with Crippen molar-refractivity contribution >= 4 is 0 Å². The molecule has 0 bridgehead atoms. The Labute approximate surface area is 104 Å². The van der Waals surface area contributed by atoms with Crippen molar-refractivity contribution in [3.8, 4) is 5.75 Å². The number of aryl methyl sites for hydroxylation is 2. The number of ether oxygens (including phenoxy) is 1. The van der Waals surface area contributed by atoms with Crippen LogP contribution in [0.25, 0.3) is 0 Å². The molecule has 0 saturated carbocycles. The molecule has 0 spiro atoms. The summed E-state index contributed by atoms with van der Waals surface area (Å²) in [7, 11) is 0. The lowest BCUT2D eigenvalue weighted by Gasteiger charge is -2.24. The van der Waals surface area contributed by atoms with Crippen LogP contribution >= 0.6 is 0 Å². The monoisotopic (exact) mass is 233 g/mol. The third-order valence-electron chi connectivity index (χ3n) is 3.43. The van der Waals surface area contributed by atoms with E-state index in [2.05, 4.69) is 37.4 Å². The summed E-state index contributed by atoms with van der Waals surface area (Å²) in [4.78, 5) is 0. The zero-order chi connectivity index (χ0) is 12.1. The average molecular weight is 233 g/mol. The van der Waals surface area contributed by atoms with Crippen LogP contribution in [-0.4, -0.2) is 19.2 Å². The quantitative estimate of drug-likeness (QED) is 0.863. The standard InChI is InChI=1S/C15H23NO/c1-3-12-9-13(4-2)11-15(10-12)17-14-5-7-16-8-6-14/h9-11,14,16H,3-8H2,1-2H3. The van der Waals surface area contributed by atoms with Crippen LogP contribution in [0.2, 0.25) is 0 Å². The second kappa shape index (κ2) is 6.06. The summed E-state index contributed by atoms with van der Waals surface area (Å²) in [6.45, 7) is 6.56. The van der Waals surface area contributed by atoms with E-state index >= 15 is 0 Å². The van der Waals surface area contributed by atoms with E-state index in [1.165, 1.54) is 11.1 Å². The van der Waals surface area contributed by atoms with Crippen LogP contribution in [0.3, 0.4) is 0 Å². The van der Waals surface area contributed by atoms with Crippen molar-refractivity contribution in [2.24, 2.45) is 0 Å². The minimum Gasteiger partial charge on any atom is -0.490 e. The predicted molar refractivity (Wildman–Crippen MR) is 71.7 cm³/mol. The van der Waals surface area contributed by atoms with Crippen LogP contribution in [-0.2, 0) is 12.8 Å². The number of benzene rings is 1. The molecule has 1 aromatic rings. The Morgan fingerprint density at radius 2 is 1.65 bits per heavy atom. The first-order valence-electron chi connectivity index (χ1n) is 6.82. The van der Waals surface area contributed by atoms with Crippen molar-refractivity contribution in [2.75, 3.05) is 13.1 Å². The second-order valence-electron chi connectivity index (χ2n) is 4.76. The summed E-state index contributed by atoms with van der Waals surface area (Å²) >= 11 is 0. The van der Waals surface area contributed by atoms with Crippen molar-refractivity contribution < 1.29 is 4.74 Å². The van der Waals surface area contributed by atoms with Gasteiger partial charge in [0.05, 0.1) is 0 Å². The Hall–Kier alpha value is -1.02. The van der Waals surface area contributed by atoms with Crippen molar-refractivity contribution in [1.82, 2.24) is 5.32 Å². The first-order chi connectivity index (χ1) is 8.31. The fourth-order valence-corrected chi connectivity index (χ4v) is 2.31. The van der Waals surface area contributed by atoms with Crippen LogP contribution in [0.15, 0.2) is 18.2 Å². The SMILES string of the molecule is CCc1cc(CC)cc(OC2CCNCC2)c1. The van der Waals surface area contributed by atoms with Crippen LogP contribution in [0.5, 0.6) is 5.75 Å². The number of hydrogen-bond donors (Lipinski definition) is 1. The third-order valence-corrected chi connectivity index (χ3v) is 3.43. The van der Waals surface area contributed by atoms with Gasteiger partial charge >= 0.3 is 0 Å². The molecule has 2 rings (SSSR count). The van der Waals surface area contributed by atoms with Gasteiger partial charge in [-0.15, -0.1) is 0 Å². The molecule has 0 atom stereocenters. The van der Waals surface area contributed by atoms with Gasteiger partial charge in [-0.2, -0.15) is 0 Å². The van der Waals surface area contributed by atoms with Gasteiger partial charge in [-0.25, -0.2) is 0 Å². The molecule has 1 aromatic carbocycles. The first kappa shape index (κ1) is 12.4. The number of rotatable bonds is 4. The first-order valence-corrected chi connectivity index (χ1v) is 6.82. The van der Waals surface area contributed by atoms with Gasteiger partial charge in [0, 0.05) is 0 Å². The molecule has 1 heterocycles. The van der Waals surface area contributed by atoms with Gasteiger partial charge < -0.3 is 10.1 Å². The lowest BCUT2D eigenvalue weighted by molar-refractivity contribution is 0.162. The molecule has 0 amide bonds. The van der Waals surface area contributed by atoms with Gasteiger partial charge in [0.15, 0.2) is 0 Å². The Balaban J connectivity index is 2.07. The molecule has 1 fully saturated rings. The highest BCUT2D eigenvalue weighted by Gasteiger charge is 2.14. The van der Waals surface area contributed by atoms with Crippen molar-refractivity contribution in [3.63, 3.8) is 0 Å². The molecule has 0 unspecified atom stereocenters. The summed E-state index contributed by atoms with van der Waals surface area (Å²) < 4.78 is 6.10. The maximum atomic E-state index is 6.10. The zero-order valence-electron chi connectivity index (χ0n) is 11.0. The molecule has 0 aliphatic carbocycles. The molecule has 1 saturated heterocycles. The Morgan fingerprint density at radius 1 is 1.06 bits per heavy atom. The number of nitrogens with one attached hydrogen (secondary N) is 1. The Morgan fingerprint density at radius 3 is 2.18 bits per heavy atom. The number of piperidine rings is 1. The van der Waals surface area contributed by atoms with Crippen molar-refractivity contribution in [3.05, 3.63) is 29.3 Å². The average Bonchev–Trinajstić information content (AvgIpc) is 2.39. The van der Waals surface area contributed by atoms with E-state index in [-0.39, 0.29) is 0 Å². The highest BCUT2D eigenvalue weighted by Crippen LogP contribution is 2.21. The molecule has 94 valence electrons. The minimum atomic E-state index is 0.396. The van der Waals surface area contributed by atoms with Crippen LogP contribution in [0.1, 0.15) is 37.8 Å². The van der Waals surface area contributed by atoms with Crippen molar-refractivity contribution in [2.45, 2.75) is 45.6 Å². The fraction of sp³-hybridized carbons (Fsp3) is 0.600. The van der Waals surface area contributed by atoms with Gasteiger partial charge in [-0.3, -0.25) is 0 Å². The molecule has 17 heavy (non-hydrogen) atoms. The fourth-order valence-electron chi connectivity index (χ4n) is 2.31. The molecule has 0 aromatic heterocycles. The topological polar surface area (TPSA) is 21.3 Å². The summed E-state index contributed by atoms with van der Waals surface area (Å²) in [5.74, 6) is 1.06. The third kappa shape index (κ3) is 3.47. The molecular weight excluding hydrogens is 210 g/mol. The van der Waals surface area contributed by atoms with Gasteiger partial charge in [0.25, 0.3) is 0 Å². The summed E-state index contributed by atoms with van der Waals surface area (Å²) in [5.41, 5.74) is 2.77. The normalized spacial score (nSPS) is 17.1. The maximum Gasteiger partial charge on any atom is 0.120 e. The summed E-state index contributed by atoms with van der Waals surface area (Å²) in [6, 6.07) is 6.68. The highest BCUT2D eigenvalue weighted by atomic mass is 16.5. The lowest BCUT2D eigenvalue weighted by atomic mass is 10.1. The van der Waals surface area contributed by atoms with E-state index in [1.807, 2.05) is 0 Å². The van der Waals surface area contributed by atoms with Crippen LogP contribution in [0, 0.1) is 0 Å². The summed E-state index contributed by atoms with van der Waals surface area (Å²) in [6.07, 6.45) is 4.80. The van der Waals surface area contributed by atoms with Gasteiger partial charge in [0.1, 0.15) is 11.9 Å². The lowest BCUT2D eigenvalue weighted by Crippen LogP contribution is -2.34. The molecule has 1 aliphatic heterocycles. The summed E-state index contributed by atoms with van der Waals surface area (Å²) in [5, 5.41) is 3.37. The minimum absolute atomic E-state index is 0.396. The van der Waals surface area contributed by atoms with Gasteiger partial charge in [-0.05, 0) is 62.0 Å². The van der Waals surface area contributed by atoms with Crippen LogP contribution < -0.4 is 10.1 Å². The molecule has 2 heteroatoms. The second-order valence-corrected chi connectivity index (χ2v) is 4.76. The van der Waals surface area contributed by atoms with E-state index in [1.54, 1.807) is 0 Å². The number of hydrogen-bond acceptors (Lipinski definition) is 2. The smallest absolute Gasteiger partial charge is 0.120 e. The predicted octanol–water partition coefficient (Wildman–Crippen LogP) is 2.94. The van der Waals surface area contributed by atoms with E-state index in [0.717, 1.165) is 44.5 Å². The molecule has 2 nitrogen and oxygen atoms in total. The molecule has 1 N–H and O–H groups in total. The molecule has 1 aliphatic rings. The van der Waals surface area contributed by atoms with Gasteiger partial charge in [0.2, 0.25) is 0 Å². The van der Waals surface area contributed by atoms with Crippen molar-refractivity contribution in [1.29, 1.82) is 0 Å². The highest BCUT2D eigenvalue weighted by molar-refractivity contribution is 5.34. The van der Waals surface area contributed by atoms with Gasteiger partial charge in [-0.1, -0.05) is 19.9 Å². The van der Waals surface area contributed by atoms with E-state index in [9.17, 15) is 0 Å².